The molecule has 2 rings (SSSR count). The summed E-state index contributed by atoms with van der Waals surface area (Å²) in [5.41, 5.74) is 0. The van der Waals surface area contributed by atoms with E-state index in [2.05, 4.69) is 5.32 Å². The summed E-state index contributed by atoms with van der Waals surface area (Å²) in [6, 6.07) is 3.26. The van der Waals surface area contributed by atoms with E-state index >= 15 is 0 Å². The van der Waals surface area contributed by atoms with E-state index in [0.717, 1.165) is 24.4 Å². The van der Waals surface area contributed by atoms with Crippen LogP contribution in [-0.2, 0) is 10.0 Å². The first-order chi connectivity index (χ1) is 7.55. The van der Waals surface area contributed by atoms with Crippen LogP contribution < -0.4 is 5.32 Å². The van der Waals surface area contributed by atoms with E-state index in [1.54, 1.807) is 12.1 Å². The second-order valence-corrected chi connectivity index (χ2v) is 7.41. The third kappa shape index (κ3) is 2.12. The van der Waals surface area contributed by atoms with E-state index in [0.29, 0.717) is 15.1 Å². The minimum Gasteiger partial charge on any atom is -0.313 e. The Morgan fingerprint density at radius 3 is 2.62 bits per heavy atom. The lowest BCUT2D eigenvalue weighted by Crippen LogP contribution is -2.58. The second kappa shape index (κ2) is 4.62. The molecule has 0 atom stereocenters. The van der Waals surface area contributed by atoms with Crippen LogP contribution in [0.15, 0.2) is 16.3 Å². The molecule has 2 heterocycles. The molecule has 0 bridgehead atoms. The maximum atomic E-state index is 12.3. The van der Waals surface area contributed by atoms with Crippen LogP contribution in [0, 0.1) is 0 Å². The molecule has 4 nitrogen and oxygen atoms in total. The van der Waals surface area contributed by atoms with Crippen LogP contribution in [0.5, 0.6) is 0 Å². The average Bonchev–Trinajstić information content (AvgIpc) is 2.58. The van der Waals surface area contributed by atoms with Gasteiger partial charge >= 0.3 is 0 Å². The van der Waals surface area contributed by atoms with Gasteiger partial charge in [-0.15, -0.1) is 11.3 Å². The summed E-state index contributed by atoms with van der Waals surface area (Å²) in [5.74, 6) is 0. The van der Waals surface area contributed by atoms with Gasteiger partial charge < -0.3 is 5.32 Å². The monoisotopic (exact) mass is 280 g/mol. The maximum absolute atomic E-state index is 12.3. The first-order valence-electron chi connectivity index (χ1n) is 5.03. The molecular formula is C9H13ClN2O2S2. The number of halogens is 1. The Morgan fingerprint density at radius 2 is 2.25 bits per heavy atom. The zero-order chi connectivity index (χ0) is 11.8. The summed E-state index contributed by atoms with van der Waals surface area (Å²) in [6.45, 7) is 3.80. The smallest absolute Gasteiger partial charge is 0.252 e. The predicted octanol–water partition coefficient (Wildman–Crippen LogP) is 1.38. The van der Waals surface area contributed by atoms with Gasteiger partial charge in [-0.05, 0) is 12.1 Å². The van der Waals surface area contributed by atoms with Crippen molar-refractivity contribution >= 4 is 33.0 Å². The van der Waals surface area contributed by atoms with Crippen molar-refractivity contribution in [2.75, 3.05) is 19.6 Å². The molecule has 1 aliphatic heterocycles. The van der Waals surface area contributed by atoms with Gasteiger partial charge in [0.2, 0.25) is 0 Å². The van der Waals surface area contributed by atoms with Gasteiger partial charge in [-0.25, -0.2) is 8.42 Å². The fourth-order valence-electron chi connectivity index (χ4n) is 1.65. The fraction of sp³-hybridized carbons (Fsp3) is 0.556. The predicted molar refractivity (Wildman–Crippen MR) is 65.6 cm³/mol. The van der Waals surface area contributed by atoms with Crippen molar-refractivity contribution in [1.82, 2.24) is 9.62 Å². The molecule has 0 radical (unpaired) electrons. The number of sulfonamides is 1. The van der Waals surface area contributed by atoms with Crippen molar-refractivity contribution in [1.29, 1.82) is 0 Å². The van der Waals surface area contributed by atoms with Gasteiger partial charge in [-0.3, -0.25) is 0 Å². The molecule has 1 aliphatic rings. The molecule has 16 heavy (non-hydrogen) atoms. The Kier molecular flexibility index (Phi) is 3.56. The third-order valence-corrected chi connectivity index (χ3v) is 6.32. The quantitative estimate of drug-likeness (QED) is 0.907. The molecule has 0 unspecified atom stereocenters. The van der Waals surface area contributed by atoms with Crippen molar-refractivity contribution in [2.45, 2.75) is 17.2 Å². The number of thiophene rings is 1. The number of likely N-dealkylation sites (N-methyl/N-ethyl adjacent to an activating group) is 1. The van der Waals surface area contributed by atoms with Gasteiger partial charge in [-0.2, -0.15) is 4.31 Å². The number of rotatable bonds is 4. The van der Waals surface area contributed by atoms with Gasteiger partial charge in [-0.1, -0.05) is 18.5 Å². The molecule has 1 N–H and O–H groups in total. The first kappa shape index (κ1) is 12.3. The molecule has 0 aromatic carbocycles. The molecule has 1 aromatic heterocycles. The van der Waals surface area contributed by atoms with E-state index in [-0.39, 0.29) is 6.04 Å². The Bertz CT molecular complexity index is 468. The van der Waals surface area contributed by atoms with Crippen molar-refractivity contribution < 1.29 is 8.42 Å². The minimum atomic E-state index is -3.36. The highest BCUT2D eigenvalue weighted by molar-refractivity contribution is 7.91. The Hall–Kier alpha value is -0.140. The van der Waals surface area contributed by atoms with Gasteiger partial charge in [0.05, 0.1) is 10.4 Å². The van der Waals surface area contributed by atoms with Crippen molar-refractivity contribution in [3.63, 3.8) is 0 Å². The van der Waals surface area contributed by atoms with Gasteiger partial charge in [0, 0.05) is 19.6 Å². The average molecular weight is 281 g/mol. The van der Waals surface area contributed by atoms with Crippen LogP contribution in [0.1, 0.15) is 6.92 Å². The molecule has 1 saturated heterocycles. The van der Waals surface area contributed by atoms with E-state index in [1.165, 1.54) is 4.31 Å². The van der Waals surface area contributed by atoms with Crippen LogP contribution in [0.3, 0.4) is 0 Å². The molecule has 0 saturated carbocycles. The largest absolute Gasteiger partial charge is 0.313 e. The summed E-state index contributed by atoms with van der Waals surface area (Å²) in [6.07, 6.45) is 0. The lowest BCUT2D eigenvalue weighted by molar-refractivity contribution is 0.250. The van der Waals surface area contributed by atoms with Crippen LogP contribution in [0.4, 0.5) is 0 Å². The summed E-state index contributed by atoms with van der Waals surface area (Å²) < 4.78 is 26.9. The van der Waals surface area contributed by atoms with Crippen molar-refractivity contribution in [3.8, 4) is 0 Å². The number of hydrogen-bond acceptors (Lipinski definition) is 4. The molecular weight excluding hydrogens is 268 g/mol. The Morgan fingerprint density at radius 1 is 1.56 bits per heavy atom. The standard InChI is InChI=1S/C9H13ClN2O2S2/c1-2-12(7-5-11-6-7)16(13,14)9-4-3-8(10)15-9/h3-4,7,11H,2,5-6H2,1H3. The van der Waals surface area contributed by atoms with Gasteiger partial charge in [0.1, 0.15) is 4.21 Å². The number of nitrogens with one attached hydrogen (secondary N) is 1. The summed E-state index contributed by atoms with van der Waals surface area (Å²) in [7, 11) is -3.36. The van der Waals surface area contributed by atoms with Crippen molar-refractivity contribution in [2.24, 2.45) is 0 Å². The lowest BCUT2D eigenvalue weighted by atomic mass is 10.2. The molecule has 7 heteroatoms. The van der Waals surface area contributed by atoms with Crippen LogP contribution >= 0.6 is 22.9 Å². The summed E-state index contributed by atoms with van der Waals surface area (Å²) >= 11 is 6.87. The van der Waals surface area contributed by atoms with Crippen LogP contribution in [-0.4, -0.2) is 38.4 Å². The highest BCUT2D eigenvalue weighted by Crippen LogP contribution is 2.29. The number of nitrogens with zero attached hydrogens (tertiary/aromatic N) is 1. The van der Waals surface area contributed by atoms with Crippen molar-refractivity contribution in [3.05, 3.63) is 16.5 Å². The Balaban J connectivity index is 2.29. The van der Waals surface area contributed by atoms with E-state index in [1.807, 2.05) is 6.92 Å². The van der Waals surface area contributed by atoms with E-state index in [4.69, 9.17) is 11.6 Å². The summed E-state index contributed by atoms with van der Waals surface area (Å²) in [5, 5.41) is 3.08. The lowest BCUT2D eigenvalue weighted by Gasteiger charge is -2.36. The molecule has 0 aliphatic carbocycles. The SMILES string of the molecule is CCN(C1CNC1)S(=O)(=O)c1ccc(Cl)s1. The molecule has 0 spiro atoms. The highest BCUT2D eigenvalue weighted by Gasteiger charge is 2.34. The third-order valence-electron chi connectivity index (χ3n) is 2.59. The topological polar surface area (TPSA) is 49.4 Å². The van der Waals surface area contributed by atoms with Gasteiger partial charge in [0.15, 0.2) is 0 Å². The normalized spacial score (nSPS) is 17.7. The first-order valence-corrected chi connectivity index (χ1v) is 7.67. The number of hydrogen-bond donors (Lipinski definition) is 1. The minimum absolute atomic E-state index is 0.0795. The Labute approximate surface area is 104 Å². The molecule has 0 amide bonds. The highest BCUT2D eigenvalue weighted by atomic mass is 35.5. The van der Waals surface area contributed by atoms with Crippen LogP contribution in [0.25, 0.3) is 0 Å². The van der Waals surface area contributed by atoms with E-state index in [9.17, 15) is 8.42 Å². The molecule has 1 aromatic rings. The maximum Gasteiger partial charge on any atom is 0.252 e. The van der Waals surface area contributed by atoms with E-state index < -0.39 is 10.0 Å². The molecule has 90 valence electrons. The second-order valence-electron chi connectivity index (χ2n) is 3.58. The zero-order valence-electron chi connectivity index (χ0n) is 8.81. The van der Waals surface area contributed by atoms with Gasteiger partial charge in [0.25, 0.3) is 10.0 Å². The fourth-order valence-corrected chi connectivity index (χ4v) is 4.90. The van der Waals surface area contributed by atoms with Crippen LogP contribution in [0.2, 0.25) is 4.34 Å². The summed E-state index contributed by atoms with van der Waals surface area (Å²) in [4.78, 5) is 0. The molecule has 1 fully saturated rings. The zero-order valence-corrected chi connectivity index (χ0v) is 11.2.